The first-order valence-corrected chi connectivity index (χ1v) is 9.31. The summed E-state index contributed by atoms with van der Waals surface area (Å²) in [5, 5.41) is 8.29. The van der Waals surface area contributed by atoms with Gasteiger partial charge in [-0.1, -0.05) is 30.3 Å². The molecule has 28 heavy (non-hydrogen) atoms. The molecule has 0 bridgehead atoms. The van der Waals surface area contributed by atoms with Gasteiger partial charge in [0.25, 0.3) is 0 Å². The minimum absolute atomic E-state index is 0.0388. The number of amides is 1. The lowest BCUT2D eigenvalue weighted by Crippen LogP contribution is -2.16. The molecule has 0 aliphatic carbocycles. The van der Waals surface area contributed by atoms with Gasteiger partial charge in [0.2, 0.25) is 5.91 Å². The number of hydrogen-bond acceptors (Lipinski definition) is 3. The van der Waals surface area contributed by atoms with Gasteiger partial charge in [0, 0.05) is 29.2 Å². The van der Waals surface area contributed by atoms with Crippen LogP contribution in [0.15, 0.2) is 67.0 Å². The first-order chi connectivity index (χ1) is 13.6. The number of anilines is 1. The summed E-state index contributed by atoms with van der Waals surface area (Å²) >= 11 is 0. The first kappa shape index (κ1) is 17.9. The minimum Gasteiger partial charge on any atom is -0.326 e. The normalized spacial score (nSPS) is 10.9. The van der Waals surface area contributed by atoms with Gasteiger partial charge < -0.3 is 5.32 Å². The van der Waals surface area contributed by atoms with E-state index in [4.69, 9.17) is 0 Å². The van der Waals surface area contributed by atoms with E-state index < -0.39 is 0 Å². The minimum atomic E-state index is -0.0388. The fraction of sp³-hybridized carbons (Fsp3) is 0.174. The molecule has 2 aromatic carbocycles. The SMILES string of the molecule is Cc1nc2ccccc2c(C)c1CC(=O)Nc1ccc(Cn2cccn2)cc1. The van der Waals surface area contributed by atoms with Crippen LogP contribution >= 0.6 is 0 Å². The molecular weight excluding hydrogens is 348 g/mol. The van der Waals surface area contributed by atoms with E-state index in [2.05, 4.69) is 28.4 Å². The van der Waals surface area contributed by atoms with Crippen molar-refractivity contribution >= 4 is 22.5 Å². The fourth-order valence-corrected chi connectivity index (χ4v) is 3.47. The first-order valence-electron chi connectivity index (χ1n) is 9.31. The van der Waals surface area contributed by atoms with Crippen LogP contribution in [0.3, 0.4) is 0 Å². The number of hydrogen-bond donors (Lipinski definition) is 1. The predicted molar refractivity (Wildman–Crippen MR) is 111 cm³/mol. The number of benzene rings is 2. The van der Waals surface area contributed by atoms with Crippen LogP contribution in [-0.2, 0) is 17.8 Å². The van der Waals surface area contributed by atoms with Gasteiger partial charge in [0.15, 0.2) is 0 Å². The lowest BCUT2D eigenvalue weighted by Gasteiger charge is -2.13. The zero-order valence-corrected chi connectivity index (χ0v) is 16.0. The van der Waals surface area contributed by atoms with Crippen molar-refractivity contribution < 1.29 is 4.79 Å². The van der Waals surface area contributed by atoms with Gasteiger partial charge in [-0.15, -0.1) is 0 Å². The van der Waals surface area contributed by atoms with Crippen LogP contribution in [0.5, 0.6) is 0 Å². The van der Waals surface area contributed by atoms with Crippen LogP contribution in [-0.4, -0.2) is 20.7 Å². The highest BCUT2D eigenvalue weighted by atomic mass is 16.1. The number of pyridine rings is 1. The molecule has 0 saturated heterocycles. The number of rotatable bonds is 5. The molecule has 0 unspecified atom stereocenters. The summed E-state index contributed by atoms with van der Waals surface area (Å²) in [4.78, 5) is 17.3. The monoisotopic (exact) mass is 370 g/mol. The van der Waals surface area contributed by atoms with Crippen molar-refractivity contribution in [2.24, 2.45) is 0 Å². The predicted octanol–water partition coefficient (Wildman–Crippen LogP) is 4.28. The summed E-state index contributed by atoms with van der Waals surface area (Å²) in [5.41, 5.74) is 5.90. The largest absolute Gasteiger partial charge is 0.326 e. The van der Waals surface area contributed by atoms with E-state index in [0.29, 0.717) is 13.0 Å². The quantitative estimate of drug-likeness (QED) is 0.570. The fourth-order valence-electron chi connectivity index (χ4n) is 3.47. The summed E-state index contributed by atoms with van der Waals surface area (Å²) in [6.07, 6.45) is 4.00. The maximum atomic E-state index is 12.6. The highest BCUT2D eigenvalue weighted by Gasteiger charge is 2.13. The smallest absolute Gasteiger partial charge is 0.228 e. The van der Waals surface area contributed by atoms with Gasteiger partial charge in [0.1, 0.15) is 0 Å². The molecule has 1 amide bonds. The molecule has 0 saturated carbocycles. The van der Waals surface area contributed by atoms with Crippen LogP contribution < -0.4 is 5.32 Å². The van der Waals surface area contributed by atoms with Crippen molar-refractivity contribution in [3.05, 3.63) is 89.4 Å². The molecule has 0 fully saturated rings. The zero-order valence-electron chi connectivity index (χ0n) is 16.0. The number of nitrogens with one attached hydrogen (secondary N) is 1. The standard InChI is InChI=1S/C23H22N4O/c1-16-20-6-3-4-7-22(20)25-17(2)21(16)14-23(28)26-19-10-8-18(9-11-19)15-27-13-5-12-24-27/h3-13H,14-15H2,1-2H3,(H,26,28). The Morgan fingerprint density at radius 2 is 1.82 bits per heavy atom. The van der Waals surface area contributed by atoms with E-state index in [0.717, 1.165) is 39.0 Å². The molecule has 2 aromatic heterocycles. The van der Waals surface area contributed by atoms with Crippen molar-refractivity contribution in [1.82, 2.24) is 14.8 Å². The van der Waals surface area contributed by atoms with E-state index in [1.54, 1.807) is 6.20 Å². The summed E-state index contributed by atoms with van der Waals surface area (Å²) in [6, 6.07) is 17.8. The van der Waals surface area contributed by atoms with Crippen LogP contribution in [0.25, 0.3) is 10.9 Å². The Kier molecular flexibility index (Phi) is 4.89. The van der Waals surface area contributed by atoms with E-state index >= 15 is 0 Å². The Morgan fingerprint density at radius 1 is 1.04 bits per heavy atom. The molecule has 0 radical (unpaired) electrons. The van der Waals surface area contributed by atoms with Crippen molar-refractivity contribution in [1.29, 1.82) is 0 Å². The molecular formula is C23H22N4O. The molecule has 4 aromatic rings. The average molecular weight is 370 g/mol. The summed E-state index contributed by atoms with van der Waals surface area (Å²) in [6.45, 7) is 4.73. The third-order valence-corrected chi connectivity index (χ3v) is 4.96. The third kappa shape index (κ3) is 3.78. The number of fused-ring (bicyclic) bond motifs is 1. The van der Waals surface area contributed by atoms with E-state index in [-0.39, 0.29) is 5.91 Å². The molecule has 0 atom stereocenters. The van der Waals surface area contributed by atoms with Gasteiger partial charge in [-0.05, 0) is 54.8 Å². The Morgan fingerprint density at radius 3 is 2.57 bits per heavy atom. The average Bonchev–Trinajstić information content (AvgIpc) is 3.20. The van der Waals surface area contributed by atoms with Gasteiger partial charge in [-0.3, -0.25) is 14.5 Å². The van der Waals surface area contributed by atoms with Gasteiger partial charge >= 0.3 is 0 Å². The molecule has 0 spiro atoms. The summed E-state index contributed by atoms with van der Waals surface area (Å²) < 4.78 is 1.87. The van der Waals surface area contributed by atoms with Gasteiger partial charge in [-0.25, -0.2) is 0 Å². The maximum Gasteiger partial charge on any atom is 0.228 e. The summed E-state index contributed by atoms with van der Waals surface area (Å²) in [7, 11) is 0. The Balaban J connectivity index is 1.46. The van der Waals surface area contributed by atoms with Crippen LogP contribution in [0.4, 0.5) is 5.69 Å². The van der Waals surface area contributed by atoms with Crippen LogP contribution in [0.2, 0.25) is 0 Å². The van der Waals surface area contributed by atoms with E-state index in [9.17, 15) is 4.79 Å². The van der Waals surface area contributed by atoms with Gasteiger partial charge in [0.05, 0.1) is 18.5 Å². The Labute approximate surface area is 164 Å². The molecule has 4 rings (SSSR count). The molecule has 1 N–H and O–H groups in total. The second kappa shape index (κ2) is 7.64. The third-order valence-electron chi connectivity index (χ3n) is 4.96. The van der Waals surface area contributed by atoms with Crippen molar-refractivity contribution in [3.8, 4) is 0 Å². The maximum absolute atomic E-state index is 12.6. The van der Waals surface area contributed by atoms with Crippen molar-refractivity contribution in [3.63, 3.8) is 0 Å². The van der Waals surface area contributed by atoms with E-state index in [1.807, 2.05) is 66.3 Å². The number of aryl methyl sites for hydroxylation is 2. The molecule has 140 valence electrons. The second-order valence-electron chi connectivity index (χ2n) is 6.94. The lowest BCUT2D eigenvalue weighted by molar-refractivity contribution is -0.115. The van der Waals surface area contributed by atoms with Gasteiger partial charge in [-0.2, -0.15) is 5.10 Å². The number of nitrogens with zero attached hydrogens (tertiary/aromatic N) is 3. The topological polar surface area (TPSA) is 59.8 Å². The molecule has 5 nitrogen and oxygen atoms in total. The number of aromatic nitrogens is 3. The zero-order chi connectivity index (χ0) is 19.5. The Bertz CT molecular complexity index is 1120. The molecule has 5 heteroatoms. The number of carbonyl (C=O) groups excluding carboxylic acids is 1. The lowest BCUT2D eigenvalue weighted by atomic mass is 9.99. The number of para-hydroxylation sites is 1. The van der Waals surface area contributed by atoms with Crippen LogP contribution in [0, 0.1) is 13.8 Å². The van der Waals surface area contributed by atoms with Crippen molar-refractivity contribution in [2.75, 3.05) is 5.32 Å². The molecule has 0 aliphatic rings. The number of carbonyl (C=O) groups is 1. The highest BCUT2D eigenvalue weighted by Crippen LogP contribution is 2.23. The van der Waals surface area contributed by atoms with Crippen molar-refractivity contribution in [2.45, 2.75) is 26.8 Å². The van der Waals surface area contributed by atoms with Crippen LogP contribution in [0.1, 0.15) is 22.4 Å². The van der Waals surface area contributed by atoms with E-state index in [1.165, 1.54) is 0 Å². The molecule has 0 aliphatic heterocycles. The second-order valence-corrected chi connectivity index (χ2v) is 6.94. The Hall–Kier alpha value is -3.47. The highest BCUT2D eigenvalue weighted by molar-refractivity contribution is 5.94. The summed E-state index contributed by atoms with van der Waals surface area (Å²) in [5.74, 6) is -0.0388. The molecule has 2 heterocycles.